The third-order valence-corrected chi connectivity index (χ3v) is 4.19. The van der Waals surface area contributed by atoms with E-state index in [2.05, 4.69) is 15.6 Å². The van der Waals surface area contributed by atoms with Gasteiger partial charge in [-0.05, 0) is 43.3 Å². The van der Waals surface area contributed by atoms with E-state index in [1.54, 1.807) is 55.6 Å². The van der Waals surface area contributed by atoms with E-state index in [4.69, 9.17) is 9.47 Å². The second kappa shape index (κ2) is 8.96. The minimum Gasteiger partial charge on any atom is -0.497 e. The van der Waals surface area contributed by atoms with Crippen molar-refractivity contribution >= 4 is 28.5 Å². The van der Waals surface area contributed by atoms with Gasteiger partial charge in [0.1, 0.15) is 11.3 Å². The fourth-order valence-electron chi connectivity index (χ4n) is 2.59. The van der Waals surface area contributed by atoms with Crippen molar-refractivity contribution in [2.45, 2.75) is 26.0 Å². The Morgan fingerprint density at radius 3 is 2.59 bits per heavy atom. The van der Waals surface area contributed by atoms with Crippen molar-refractivity contribution in [1.29, 1.82) is 0 Å². The molecular weight excluding hydrogens is 376 g/mol. The van der Waals surface area contributed by atoms with Gasteiger partial charge in [-0.15, -0.1) is 5.10 Å². The summed E-state index contributed by atoms with van der Waals surface area (Å²) in [6, 6.07) is 13.6. The van der Waals surface area contributed by atoms with Crippen LogP contribution in [-0.4, -0.2) is 40.1 Å². The highest BCUT2D eigenvalue weighted by atomic mass is 16.5. The number of esters is 1. The lowest BCUT2D eigenvalue weighted by Gasteiger charge is -2.14. The fraction of sp³-hybridized carbons (Fsp3) is 0.250. The predicted octanol–water partition coefficient (Wildman–Crippen LogP) is 1.76. The maximum Gasteiger partial charge on any atom is 0.308 e. The molecule has 0 fully saturated rings. The Balaban J connectivity index is 1.54. The maximum atomic E-state index is 12.4. The molecule has 3 aromatic rings. The van der Waals surface area contributed by atoms with E-state index >= 15 is 0 Å². The van der Waals surface area contributed by atoms with Gasteiger partial charge in [0.05, 0.1) is 25.5 Å². The molecule has 9 nitrogen and oxygen atoms in total. The summed E-state index contributed by atoms with van der Waals surface area (Å²) in [6.45, 7) is 1.47. The van der Waals surface area contributed by atoms with Gasteiger partial charge in [-0.3, -0.25) is 14.4 Å². The number of amides is 1. The van der Waals surface area contributed by atoms with Gasteiger partial charge < -0.3 is 14.8 Å². The van der Waals surface area contributed by atoms with Crippen LogP contribution in [0.2, 0.25) is 0 Å². The minimum absolute atomic E-state index is 0.00230. The molecule has 1 N–H and O–H groups in total. The SMILES string of the molecule is COc1ccc(NC(=O)C(C)OC(=O)CCn2nnc3ccccc3c2=O)cc1. The van der Waals surface area contributed by atoms with Gasteiger partial charge in [0.2, 0.25) is 0 Å². The molecule has 0 aliphatic heterocycles. The van der Waals surface area contributed by atoms with Gasteiger partial charge >= 0.3 is 5.97 Å². The number of nitrogens with one attached hydrogen (secondary N) is 1. The molecule has 1 unspecified atom stereocenters. The van der Waals surface area contributed by atoms with Crippen molar-refractivity contribution in [3.05, 3.63) is 58.9 Å². The van der Waals surface area contributed by atoms with Gasteiger partial charge in [0.15, 0.2) is 6.10 Å². The first kappa shape index (κ1) is 20.0. The summed E-state index contributed by atoms with van der Waals surface area (Å²) in [6.07, 6.45) is -1.11. The van der Waals surface area contributed by atoms with Crippen LogP contribution in [0, 0.1) is 0 Å². The van der Waals surface area contributed by atoms with Gasteiger partial charge in [0, 0.05) is 5.69 Å². The third kappa shape index (κ3) is 4.95. The van der Waals surface area contributed by atoms with E-state index in [0.29, 0.717) is 22.3 Å². The molecule has 29 heavy (non-hydrogen) atoms. The van der Waals surface area contributed by atoms with Crippen LogP contribution in [0.1, 0.15) is 13.3 Å². The van der Waals surface area contributed by atoms with Crippen molar-refractivity contribution in [2.75, 3.05) is 12.4 Å². The number of aryl methyl sites for hydroxylation is 1. The van der Waals surface area contributed by atoms with E-state index in [-0.39, 0.29) is 18.5 Å². The zero-order valence-electron chi connectivity index (χ0n) is 16.0. The lowest BCUT2D eigenvalue weighted by Crippen LogP contribution is -2.31. The third-order valence-electron chi connectivity index (χ3n) is 4.19. The number of carbonyl (C=O) groups excluding carboxylic acids is 2. The topological polar surface area (TPSA) is 112 Å². The fourth-order valence-corrected chi connectivity index (χ4v) is 2.59. The molecular formula is C20H20N4O5. The van der Waals surface area contributed by atoms with Crippen molar-refractivity contribution in [2.24, 2.45) is 0 Å². The number of nitrogens with zero attached hydrogens (tertiary/aromatic N) is 3. The number of hydrogen-bond acceptors (Lipinski definition) is 7. The van der Waals surface area contributed by atoms with Crippen LogP contribution in [0.15, 0.2) is 53.3 Å². The lowest BCUT2D eigenvalue weighted by molar-refractivity contribution is -0.153. The molecule has 1 amide bonds. The Labute approximate surface area is 166 Å². The van der Waals surface area contributed by atoms with E-state index in [0.717, 1.165) is 4.68 Å². The number of anilines is 1. The largest absolute Gasteiger partial charge is 0.497 e. The zero-order chi connectivity index (χ0) is 20.8. The number of fused-ring (bicyclic) bond motifs is 1. The summed E-state index contributed by atoms with van der Waals surface area (Å²) in [7, 11) is 1.55. The summed E-state index contributed by atoms with van der Waals surface area (Å²) < 4.78 is 11.3. The molecule has 3 rings (SSSR count). The molecule has 1 aromatic heterocycles. The molecule has 0 saturated heterocycles. The second-order valence-corrected chi connectivity index (χ2v) is 6.23. The lowest BCUT2D eigenvalue weighted by atomic mass is 10.2. The van der Waals surface area contributed by atoms with Crippen molar-refractivity contribution in [1.82, 2.24) is 15.0 Å². The highest BCUT2D eigenvalue weighted by Gasteiger charge is 2.18. The summed E-state index contributed by atoms with van der Waals surface area (Å²) in [5, 5.41) is 10.8. The van der Waals surface area contributed by atoms with E-state index in [9.17, 15) is 14.4 Å². The zero-order valence-corrected chi connectivity index (χ0v) is 16.0. The van der Waals surface area contributed by atoms with Crippen LogP contribution in [0.5, 0.6) is 5.75 Å². The summed E-state index contributed by atoms with van der Waals surface area (Å²) >= 11 is 0. The van der Waals surface area contributed by atoms with Crippen LogP contribution in [0.3, 0.4) is 0 Å². The Kier molecular flexibility index (Phi) is 6.18. The molecule has 0 saturated carbocycles. The predicted molar refractivity (Wildman–Crippen MR) is 106 cm³/mol. The summed E-state index contributed by atoms with van der Waals surface area (Å²) in [4.78, 5) is 36.6. The van der Waals surface area contributed by atoms with Crippen molar-refractivity contribution in [3.8, 4) is 5.75 Å². The first-order valence-electron chi connectivity index (χ1n) is 8.95. The molecule has 0 bridgehead atoms. The first-order valence-corrected chi connectivity index (χ1v) is 8.95. The minimum atomic E-state index is -0.996. The average Bonchev–Trinajstić information content (AvgIpc) is 2.74. The number of aromatic nitrogens is 3. The van der Waals surface area contributed by atoms with Gasteiger partial charge in [-0.25, -0.2) is 4.68 Å². The summed E-state index contributed by atoms with van der Waals surface area (Å²) in [5.41, 5.74) is 0.700. The normalized spacial score (nSPS) is 11.7. The van der Waals surface area contributed by atoms with Crippen LogP contribution in [0.25, 0.3) is 10.9 Å². The first-order chi connectivity index (χ1) is 14.0. The van der Waals surface area contributed by atoms with Crippen LogP contribution < -0.4 is 15.6 Å². The molecule has 1 heterocycles. The molecule has 0 spiro atoms. The number of rotatable bonds is 7. The molecule has 9 heteroatoms. The smallest absolute Gasteiger partial charge is 0.308 e. The van der Waals surface area contributed by atoms with Crippen molar-refractivity contribution < 1.29 is 19.1 Å². The monoisotopic (exact) mass is 396 g/mol. The maximum absolute atomic E-state index is 12.4. The standard InChI is InChI=1S/C20H20N4O5/c1-13(19(26)21-14-7-9-15(28-2)10-8-14)29-18(25)11-12-24-20(27)16-5-3-4-6-17(16)22-23-24/h3-10,13H,11-12H2,1-2H3,(H,21,26). The molecule has 1 atom stereocenters. The Morgan fingerprint density at radius 1 is 1.14 bits per heavy atom. The number of methoxy groups -OCH3 is 1. The quantitative estimate of drug-likeness (QED) is 0.606. The Morgan fingerprint density at radius 2 is 1.86 bits per heavy atom. The molecule has 150 valence electrons. The van der Waals surface area contributed by atoms with Crippen LogP contribution >= 0.6 is 0 Å². The molecule has 0 aliphatic carbocycles. The highest BCUT2D eigenvalue weighted by molar-refractivity contribution is 5.95. The molecule has 0 radical (unpaired) electrons. The number of carbonyl (C=O) groups is 2. The number of hydrogen-bond donors (Lipinski definition) is 1. The van der Waals surface area contributed by atoms with Crippen LogP contribution in [-0.2, 0) is 20.9 Å². The number of ether oxygens (including phenoxy) is 2. The average molecular weight is 396 g/mol. The Bertz CT molecular complexity index is 1080. The van der Waals surface area contributed by atoms with Gasteiger partial charge in [0.25, 0.3) is 11.5 Å². The van der Waals surface area contributed by atoms with E-state index in [1.165, 1.54) is 6.92 Å². The Hall–Kier alpha value is -3.75. The number of benzene rings is 2. The van der Waals surface area contributed by atoms with Crippen LogP contribution in [0.4, 0.5) is 5.69 Å². The highest BCUT2D eigenvalue weighted by Crippen LogP contribution is 2.15. The van der Waals surface area contributed by atoms with Gasteiger partial charge in [-0.1, -0.05) is 17.3 Å². The summed E-state index contributed by atoms with van der Waals surface area (Å²) in [5.74, 6) is -0.426. The molecule has 2 aromatic carbocycles. The van der Waals surface area contributed by atoms with E-state index in [1.807, 2.05) is 0 Å². The van der Waals surface area contributed by atoms with Crippen molar-refractivity contribution in [3.63, 3.8) is 0 Å². The molecule has 0 aliphatic rings. The van der Waals surface area contributed by atoms with E-state index < -0.39 is 18.0 Å². The van der Waals surface area contributed by atoms with Gasteiger partial charge in [-0.2, -0.15) is 0 Å². The second-order valence-electron chi connectivity index (χ2n) is 6.23.